The number of ether oxygens (including phenoxy) is 2. The van der Waals surface area contributed by atoms with Crippen molar-refractivity contribution in [2.45, 2.75) is 36.2 Å². The zero-order chi connectivity index (χ0) is 17.0. The van der Waals surface area contributed by atoms with E-state index in [1.807, 2.05) is 0 Å². The summed E-state index contributed by atoms with van der Waals surface area (Å²) in [6.07, 6.45) is 0.412. The normalized spacial score (nSPS) is 18.6. The predicted molar refractivity (Wildman–Crippen MR) is 75.4 cm³/mol. The van der Waals surface area contributed by atoms with Crippen LogP contribution in [0.2, 0.25) is 0 Å². The van der Waals surface area contributed by atoms with Crippen LogP contribution in [0.5, 0.6) is 0 Å². The molecule has 0 bridgehead atoms. The first-order chi connectivity index (χ1) is 10.2. The Morgan fingerprint density at radius 3 is 1.64 bits per heavy atom. The molecule has 0 saturated carbocycles. The van der Waals surface area contributed by atoms with Crippen molar-refractivity contribution in [2.24, 2.45) is 0 Å². The minimum atomic E-state index is -4.55. The number of rotatable bonds is 6. The average molecular weight is 364 g/mol. The summed E-state index contributed by atoms with van der Waals surface area (Å²) < 4.78 is 62.9. The van der Waals surface area contributed by atoms with Crippen LogP contribution in [0.15, 0.2) is 0 Å². The summed E-state index contributed by atoms with van der Waals surface area (Å²) in [6.45, 7) is 1.80. The van der Waals surface area contributed by atoms with Crippen LogP contribution in [0, 0.1) is 0 Å². The molecule has 10 heteroatoms. The van der Waals surface area contributed by atoms with Crippen LogP contribution in [-0.2, 0) is 19.1 Å². The van der Waals surface area contributed by atoms with Gasteiger partial charge in [-0.15, -0.1) is 23.5 Å². The molecule has 0 aliphatic carbocycles. The third-order valence-corrected chi connectivity index (χ3v) is 6.32. The van der Waals surface area contributed by atoms with Gasteiger partial charge in [-0.1, -0.05) is 0 Å². The molecule has 0 radical (unpaired) electrons. The second-order valence-electron chi connectivity index (χ2n) is 4.26. The molecule has 0 N–H and O–H groups in total. The fourth-order valence-corrected chi connectivity index (χ4v) is 5.03. The minimum Gasteiger partial charge on any atom is -0.461 e. The second-order valence-corrected chi connectivity index (χ2v) is 7.13. The molecule has 1 rings (SSSR count). The van der Waals surface area contributed by atoms with Gasteiger partial charge in [0.05, 0.1) is 13.2 Å². The first-order valence-corrected chi connectivity index (χ1v) is 8.52. The summed E-state index contributed by atoms with van der Waals surface area (Å²) >= 11 is 0.388. The lowest BCUT2D eigenvalue weighted by atomic mass is 10.1. The third kappa shape index (κ3) is 3.17. The van der Waals surface area contributed by atoms with Crippen LogP contribution < -0.4 is 0 Å². The largest absolute Gasteiger partial charge is 0.461 e. The summed E-state index contributed by atoms with van der Waals surface area (Å²) in [4.78, 5) is 23.0. The van der Waals surface area contributed by atoms with Crippen LogP contribution >= 0.6 is 23.5 Å². The highest BCUT2D eigenvalue weighted by Gasteiger charge is 2.77. The summed E-state index contributed by atoms with van der Waals surface area (Å²) in [5, 5.41) is 0. The number of hydrogen-bond acceptors (Lipinski definition) is 6. The van der Waals surface area contributed by atoms with Gasteiger partial charge in [0, 0.05) is 0 Å². The maximum Gasteiger partial charge on any atom is 0.379 e. The van der Waals surface area contributed by atoms with E-state index in [9.17, 15) is 27.2 Å². The Labute approximate surface area is 133 Å². The average Bonchev–Trinajstić information content (AvgIpc) is 2.48. The number of carbonyl (C=O) groups excluding carboxylic acids is 2. The van der Waals surface area contributed by atoms with Gasteiger partial charge in [-0.05, 0) is 31.8 Å². The number of esters is 2. The molecule has 1 aliphatic heterocycles. The van der Waals surface area contributed by atoms with E-state index in [1.165, 1.54) is 13.8 Å². The smallest absolute Gasteiger partial charge is 0.379 e. The highest BCUT2D eigenvalue weighted by Crippen LogP contribution is 2.60. The highest BCUT2D eigenvalue weighted by molar-refractivity contribution is 8.19. The number of alkyl halides is 4. The molecule has 4 nitrogen and oxygen atoms in total. The monoisotopic (exact) mass is 364 g/mol. The van der Waals surface area contributed by atoms with Crippen molar-refractivity contribution in [2.75, 3.05) is 24.7 Å². The molecule has 1 saturated heterocycles. The van der Waals surface area contributed by atoms with Gasteiger partial charge in [0.2, 0.25) is 4.08 Å². The Hall–Kier alpha value is -0.640. The van der Waals surface area contributed by atoms with Crippen LogP contribution in [0.1, 0.15) is 20.3 Å². The number of halogens is 4. The van der Waals surface area contributed by atoms with Crippen molar-refractivity contribution in [3.05, 3.63) is 0 Å². The van der Waals surface area contributed by atoms with Gasteiger partial charge in [-0.2, -0.15) is 17.6 Å². The molecular formula is C12H16F4O4S2. The van der Waals surface area contributed by atoms with Crippen LogP contribution in [0.3, 0.4) is 0 Å². The Morgan fingerprint density at radius 2 is 1.32 bits per heavy atom. The standard InChI is InChI=1S/C12H16F4O4S2/c1-3-19-8(17)10(13,14)12(21-6-5-7-22-12)11(15,16)9(18)20-4-2/h3-7H2,1-2H3. The van der Waals surface area contributed by atoms with E-state index < -0.39 is 27.9 Å². The van der Waals surface area contributed by atoms with E-state index in [4.69, 9.17) is 0 Å². The topological polar surface area (TPSA) is 52.6 Å². The number of thioether (sulfide) groups is 2. The molecule has 0 atom stereocenters. The first-order valence-electron chi connectivity index (χ1n) is 6.55. The lowest BCUT2D eigenvalue weighted by Crippen LogP contribution is -2.64. The molecule has 1 fully saturated rings. The minimum absolute atomic E-state index is 0.0308. The molecular weight excluding hydrogens is 348 g/mol. The molecule has 0 spiro atoms. The van der Waals surface area contributed by atoms with E-state index in [-0.39, 0.29) is 48.2 Å². The Morgan fingerprint density at radius 1 is 0.955 bits per heavy atom. The molecule has 0 aromatic rings. The van der Waals surface area contributed by atoms with E-state index >= 15 is 0 Å². The van der Waals surface area contributed by atoms with Gasteiger partial charge < -0.3 is 9.47 Å². The lowest BCUT2D eigenvalue weighted by molar-refractivity contribution is -0.197. The molecule has 0 aromatic heterocycles. The maximum atomic E-state index is 14.4. The lowest BCUT2D eigenvalue weighted by Gasteiger charge is -2.43. The third-order valence-electron chi connectivity index (χ3n) is 2.79. The highest BCUT2D eigenvalue weighted by atomic mass is 32.2. The fraction of sp³-hybridized carbons (Fsp3) is 0.833. The molecule has 128 valence electrons. The second kappa shape index (κ2) is 7.29. The fourth-order valence-electron chi connectivity index (χ4n) is 1.80. The predicted octanol–water partition coefficient (Wildman–Crippen LogP) is 2.95. The van der Waals surface area contributed by atoms with Gasteiger partial charge in [0.15, 0.2) is 0 Å². The maximum absolute atomic E-state index is 14.4. The molecule has 1 aliphatic rings. The SMILES string of the molecule is CCOC(=O)C(F)(F)C1(C(F)(F)C(=O)OCC)SCCCS1. The van der Waals surface area contributed by atoms with Crippen LogP contribution in [-0.4, -0.2) is 52.6 Å². The van der Waals surface area contributed by atoms with Gasteiger partial charge in [0.1, 0.15) is 0 Å². The van der Waals surface area contributed by atoms with Crippen molar-refractivity contribution in [3.63, 3.8) is 0 Å². The summed E-state index contributed by atoms with van der Waals surface area (Å²) in [6, 6.07) is 0. The summed E-state index contributed by atoms with van der Waals surface area (Å²) in [5.41, 5.74) is 0. The van der Waals surface area contributed by atoms with Crippen molar-refractivity contribution in [3.8, 4) is 0 Å². The van der Waals surface area contributed by atoms with E-state index in [0.717, 1.165) is 0 Å². The van der Waals surface area contributed by atoms with Gasteiger partial charge in [0.25, 0.3) is 0 Å². The van der Waals surface area contributed by atoms with Gasteiger partial charge in [-0.25, -0.2) is 9.59 Å². The summed E-state index contributed by atoms with van der Waals surface area (Å²) in [5.74, 6) is -13.3. The quantitative estimate of drug-likeness (QED) is 0.534. The Kier molecular flexibility index (Phi) is 6.43. The Bertz CT molecular complexity index is 393. The number of carbonyl (C=O) groups is 2. The molecule has 0 aromatic carbocycles. The van der Waals surface area contributed by atoms with Crippen molar-refractivity contribution in [1.82, 2.24) is 0 Å². The van der Waals surface area contributed by atoms with E-state index in [0.29, 0.717) is 6.42 Å². The van der Waals surface area contributed by atoms with Gasteiger partial charge in [-0.3, -0.25) is 0 Å². The van der Waals surface area contributed by atoms with Crippen molar-refractivity contribution in [1.29, 1.82) is 0 Å². The molecule has 22 heavy (non-hydrogen) atoms. The first kappa shape index (κ1) is 19.4. The van der Waals surface area contributed by atoms with Crippen molar-refractivity contribution < 1.29 is 36.6 Å². The Balaban J connectivity index is 3.31. The van der Waals surface area contributed by atoms with E-state index in [2.05, 4.69) is 9.47 Å². The summed E-state index contributed by atoms with van der Waals surface area (Å²) in [7, 11) is 0. The molecule has 0 unspecified atom stereocenters. The van der Waals surface area contributed by atoms with Crippen LogP contribution in [0.25, 0.3) is 0 Å². The number of hydrogen-bond donors (Lipinski definition) is 0. The van der Waals surface area contributed by atoms with Gasteiger partial charge >= 0.3 is 23.8 Å². The van der Waals surface area contributed by atoms with Crippen molar-refractivity contribution >= 4 is 35.5 Å². The zero-order valence-corrected chi connectivity index (χ0v) is 13.6. The van der Waals surface area contributed by atoms with Crippen LogP contribution in [0.4, 0.5) is 17.6 Å². The molecule has 1 heterocycles. The zero-order valence-electron chi connectivity index (χ0n) is 12.0. The molecule has 0 amide bonds. The van der Waals surface area contributed by atoms with E-state index in [1.54, 1.807) is 0 Å².